The summed E-state index contributed by atoms with van der Waals surface area (Å²) in [7, 11) is 0. The number of rotatable bonds is 5. The molecule has 1 unspecified atom stereocenters. The van der Waals surface area contributed by atoms with Gasteiger partial charge < -0.3 is 5.73 Å². The first-order chi connectivity index (χ1) is 9.60. The average Bonchev–Trinajstić information content (AvgIpc) is 2.47. The SMILES string of the molecule is CC(C)c1ccc(C(CN)Cc2ccc(Br)cc2)cc1. The zero-order valence-corrected chi connectivity index (χ0v) is 13.7. The second-order valence-electron chi connectivity index (χ2n) is 5.58. The van der Waals surface area contributed by atoms with Gasteiger partial charge in [0.25, 0.3) is 0 Å². The van der Waals surface area contributed by atoms with Gasteiger partial charge in [0.2, 0.25) is 0 Å². The molecule has 0 spiro atoms. The molecule has 2 aromatic rings. The zero-order chi connectivity index (χ0) is 14.5. The molecule has 2 N–H and O–H groups in total. The third kappa shape index (κ3) is 3.94. The normalized spacial score (nSPS) is 12.7. The third-order valence-electron chi connectivity index (χ3n) is 3.75. The van der Waals surface area contributed by atoms with Crippen molar-refractivity contribution in [3.05, 3.63) is 69.7 Å². The minimum Gasteiger partial charge on any atom is -0.330 e. The van der Waals surface area contributed by atoms with E-state index in [1.54, 1.807) is 0 Å². The number of hydrogen-bond donors (Lipinski definition) is 1. The van der Waals surface area contributed by atoms with Crippen molar-refractivity contribution >= 4 is 15.9 Å². The van der Waals surface area contributed by atoms with Gasteiger partial charge in [0.1, 0.15) is 0 Å². The Bertz CT molecular complexity index is 528. The molecule has 1 atom stereocenters. The highest BCUT2D eigenvalue weighted by Crippen LogP contribution is 2.23. The minimum absolute atomic E-state index is 0.386. The first-order valence-corrected chi connectivity index (χ1v) is 7.94. The first kappa shape index (κ1) is 15.3. The van der Waals surface area contributed by atoms with Crippen molar-refractivity contribution in [1.82, 2.24) is 0 Å². The summed E-state index contributed by atoms with van der Waals surface area (Å²) < 4.78 is 1.12. The molecule has 1 nitrogen and oxygen atoms in total. The Hall–Kier alpha value is -1.12. The second-order valence-corrected chi connectivity index (χ2v) is 6.50. The smallest absolute Gasteiger partial charge is 0.0175 e. The highest BCUT2D eigenvalue weighted by Gasteiger charge is 2.11. The Labute approximate surface area is 130 Å². The van der Waals surface area contributed by atoms with Gasteiger partial charge in [0.15, 0.2) is 0 Å². The lowest BCUT2D eigenvalue weighted by molar-refractivity contribution is 0.693. The molecule has 2 heteroatoms. The van der Waals surface area contributed by atoms with Crippen LogP contribution in [0, 0.1) is 0 Å². The number of benzene rings is 2. The van der Waals surface area contributed by atoms with Gasteiger partial charge in [-0.25, -0.2) is 0 Å². The van der Waals surface area contributed by atoms with E-state index in [1.807, 2.05) is 0 Å². The van der Waals surface area contributed by atoms with Crippen LogP contribution in [0.25, 0.3) is 0 Å². The standard InChI is InChI=1S/C18H22BrN/c1-13(2)15-5-7-16(8-6-15)17(12-20)11-14-3-9-18(19)10-4-14/h3-10,13,17H,11-12,20H2,1-2H3. The second kappa shape index (κ2) is 7.05. The molecule has 106 valence electrons. The van der Waals surface area contributed by atoms with Gasteiger partial charge in [-0.05, 0) is 47.7 Å². The van der Waals surface area contributed by atoms with Crippen LogP contribution in [0.15, 0.2) is 53.0 Å². The maximum absolute atomic E-state index is 5.97. The van der Waals surface area contributed by atoms with E-state index in [0.717, 1.165) is 10.9 Å². The maximum Gasteiger partial charge on any atom is 0.0175 e. The lowest BCUT2D eigenvalue weighted by Gasteiger charge is -2.16. The molecule has 0 amide bonds. The van der Waals surface area contributed by atoms with Crippen molar-refractivity contribution in [1.29, 1.82) is 0 Å². The van der Waals surface area contributed by atoms with Crippen molar-refractivity contribution < 1.29 is 0 Å². The summed E-state index contributed by atoms with van der Waals surface area (Å²) in [5.74, 6) is 0.962. The topological polar surface area (TPSA) is 26.0 Å². The van der Waals surface area contributed by atoms with Gasteiger partial charge >= 0.3 is 0 Å². The Morgan fingerprint density at radius 3 is 1.95 bits per heavy atom. The molecule has 0 saturated carbocycles. The minimum atomic E-state index is 0.386. The molecule has 0 radical (unpaired) electrons. The zero-order valence-electron chi connectivity index (χ0n) is 12.1. The van der Waals surface area contributed by atoms with Gasteiger partial charge in [0, 0.05) is 10.4 Å². The molecule has 2 rings (SSSR count). The van der Waals surface area contributed by atoms with Crippen LogP contribution >= 0.6 is 15.9 Å². The summed E-state index contributed by atoms with van der Waals surface area (Å²) in [6.45, 7) is 5.12. The van der Waals surface area contributed by atoms with Crippen LogP contribution in [0.1, 0.15) is 42.4 Å². The Balaban J connectivity index is 2.13. The summed E-state index contributed by atoms with van der Waals surface area (Å²) >= 11 is 3.47. The summed E-state index contributed by atoms with van der Waals surface area (Å²) in [5, 5.41) is 0. The van der Waals surface area contributed by atoms with E-state index < -0.39 is 0 Å². The fraction of sp³-hybridized carbons (Fsp3) is 0.333. The molecule has 0 fully saturated rings. The van der Waals surface area contributed by atoms with Gasteiger partial charge in [-0.1, -0.05) is 66.2 Å². The Morgan fingerprint density at radius 2 is 1.45 bits per heavy atom. The van der Waals surface area contributed by atoms with Crippen LogP contribution in [0.4, 0.5) is 0 Å². The summed E-state index contributed by atoms with van der Waals surface area (Å²) in [6.07, 6.45) is 0.991. The van der Waals surface area contributed by atoms with Crippen LogP contribution in [-0.2, 0) is 6.42 Å². The molecule has 0 heterocycles. The fourth-order valence-corrected chi connectivity index (χ4v) is 2.66. The fourth-order valence-electron chi connectivity index (χ4n) is 2.40. The van der Waals surface area contributed by atoms with Crippen molar-refractivity contribution in [3.63, 3.8) is 0 Å². The Morgan fingerprint density at radius 1 is 0.900 bits per heavy atom. The first-order valence-electron chi connectivity index (χ1n) is 7.14. The monoisotopic (exact) mass is 331 g/mol. The summed E-state index contributed by atoms with van der Waals surface area (Å²) in [5.41, 5.74) is 10.0. The highest BCUT2D eigenvalue weighted by molar-refractivity contribution is 9.10. The van der Waals surface area contributed by atoms with Gasteiger partial charge in [-0.2, -0.15) is 0 Å². The van der Waals surface area contributed by atoms with Crippen molar-refractivity contribution in [2.24, 2.45) is 5.73 Å². The molecule has 0 bridgehead atoms. The van der Waals surface area contributed by atoms with Gasteiger partial charge in [-0.15, -0.1) is 0 Å². The molecule has 0 saturated heterocycles. The Kier molecular flexibility index (Phi) is 5.38. The quantitative estimate of drug-likeness (QED) is 0.831. The maximum atomic E-state index is 5.97. The molecule has 20 heavy (non-hydrogen) atoms. The largest absolute Gasteiger partial charge is 0.330 e. The predicted octanol–water partition coefficient (Wildman–Crippen LogP) is 4.86. The van der Waals surface area contributed by atoms with E-state index >= 15 is 0 Å². The van der Waals surface area contributed by atoms with Crippen LogP contribution in [0.5, 0.6) is 0 Å². The lowest BCUT2D eigenvalue weighted by Crippen LogP contribution is -2.15. The number of hydrogen-bond acceptors (Lipinski definition) is 1. The van der Waals surface area contributed by atoms with Gasteiger partial charge in [0.05, 0.1) is 0 Å². The van der Waals surface area contributed by atoms with Crippen LogP contribution in [0.2, 0.25) is 0 Å². The average molecular weight is 332 g/mol. The highest BCUT2D eigenvalue weighted by atomic mass is 79.9. The van der Waals surface area contributed by atoms with E-state index in [0.29, 0.717) is 18.4 Å². The summed E-state index contributed by atoms with van der Waals surface area (Å²) in [4.78, 5) is 0. The van der Waals surface area contributed by atoms with E-state index in [2.05, 4.69) is 78.3 Å². The van der Waals surface area contributed by atoms with Crippen LogP contribution in [-0.4, -0.2) is 6.54 Å². The van der Waals surface area contributed by atoms with Crippen molar-refractivity contribution in [3.8, 4) is 0 Å². The van der Waals surface area contributed by atoms with Crippen LogP contribution in [0.3, 0.4) is 0 Å². The summed E-state index contributed by atoms with van der Waals surface area (Å²) in [6, 6.07) is 17.4. The van der Waals surface area contributed by atoms with E-state index in [1.165, 1.54) is 16.7 Å². The van der Waals surface area contributed by atoms with Crippen LogP contribution < -0.4 is 5.73 Å². The van der Waals surface area contributed by atoms with E-state index in [4.69, 9.17) is 5.73 Å². The van der Waals surface area contributed by atoms with Crippen molar-refractivity contribution in [2.45, 2.75) is 32.1 Å². The number of halogens is 1. The molecular weight excluding hydrogens is 310 g/mol. The predicted molar refractivity (Wildman–Crippen MR) is 90.2 cm³/mol. The molecule has 0 aromatic heterocycles. The van der Waals surface area contributed by atoms with E-state index in [-0.39, 0.29) is 0 Å². The van der Waals surface area contributed by atoms with Crippen molar-refractivity contribution in [2.75, 3.05) is 6.54 Å². The molecule has 2 aromatic carbocycles. The third-order valence-corrected chi connectivity index (χ3v) is 4.28. The van der Waals surface area contributed by atoms with E-state index in [9.17, 15) is 0 Å². The molecule has 0 aliphatic heterocycles. The molecule has 0 aliphatic carbocycles. The number of nitrogens with two attached hydrogens (primary N) is 1. The molecular formula is C18H22BrN. The lowest BCUT2D eigenvalue weighted by atomic mass is 9.90. The van der Waals surface area contributed by atoms with Gasteiger partial charge in [-0.3, -0.25) is 0 Å². The molecule has 0 aliphatic rings.